The van der Waals surface area contributed by atoms with Gasteiger partial charge in [-0.1, -0.05) is 0 Å². The van der Waals surface area contributed by atoms with Crippen LogP contribution in [0.5, 0.6) is 5.75 Å². The highest BCUT2D eigenvalue weighted by Crippen LogP contribution is 2.30. The first kappa shape index (κ1) is 21.9. The molecule has 0 unspecified atom stereocenters. The lowest BCUT2D eigenvalue weighted by Gasteiger charge is -2.30. The van der Waals surface area contributed by atoms with E-state index in [1.807, 2.05) is 17.8 Å². The zero-order valence-electron chi connectivity index (χ0n) is 18.7. The van der Waals surface area contributed by atoms with E-state index in [4.69, 9.17) is 4.74 Å². The molecule has 2 aromatic heterocycles. The maximum atomic E-state index is 13.9. The zero-order chi connectivity index (χ0) is 23.8. The molecule has 1 aromatic carbocycles. The number of imidazole rings is 1. The van der Waals surface area contributed by atoms with Crippen molar-refractivity contribution in [1.82, 2.24) is 29.7 Å². The Labute approximate surface area is 194 Å². The Morgan fingerprint density at radius 2 is 2.00 bits per heavy atom. The second kappa shape index (κ2) is 8.81. The zero-order valence-corrected chi connectivity index (χ0v) is 18.7. The summed E-state index contributed by atoms with van der Waals surface area (Å²) in [6.07, 6.45) is 6.48. The summed E-state index contributed by atoms with van der Waals surface area (Å²) in [5, 5.41) is 9.89. The molecule has 34 heavy (non-hydrogen) atoms. The van der Waals surface area contributed by atoms with Crippen LogP contribution in [-0.4, -0.2) is 68.6 Å². The van der Waals surface area contributed by atoms with Crippen LogP contribution in [0.4, 0.5) is 4.39 Å². The first-order chi connectivity index (χ1) is 16.4. The number of fused-ring (bicyclic) bond motifs is 4. The van der Waals surface area contributed by atoms with E-state index in [0.717, 1.165) is 6.07 Å². The number of aromatic nitrogens is 3. The largest absolute Gasteiger partial charge is 0.491 e. The van der Waals surface area contributed by atoms with Crippen LogP contribution in [0.15, 0.2) is 36.8 Å². The van der Waals surface area contributed by atoms with Crippen molar-refractivity contribution in [3.05, 3.63) is 53.7 Å². The van der Waals surface area contributed by atoms with Gasteiger partial charge in [0.05, 0.1) is 18.3 Å². The summed E-state index contributed by atoms with van der Waals surface area (Å²) in [7, 11) is 1.83. The number of rotatable bonds is 1. The summed E-state index contributed by atoms with van der Waals surface area (Å²) in [6.45, 7) is 0.500. The minimum absolute atomic E-state index is 0.0676. The predicted octanol–water partition coefficient (Wildman–Crippen LogP) is 1.11. The topological polar surface area (TPSA) is 110 Å². The fourth-order valence-electron chi connectivity index (χ4n) is 4.78. The lowest BCUT2D eigenvalue weighted by atomic mass is 10.1. The Bertz CT molecular complexity index is 1270. The highest BCUT2D eigenvalue weighted by Gasteiger charge is 2.39. The summed E-state index contributed by atoms with van der Waals surface area (Å²) < 4.78 is 22.9. The lowest BCUT2D eigenvalue weighted by Crippen LogP contribution is -2.48. The molecule has 2 aliphatic rings. The van der Waals surface area contributed by atoms with E-state index in [1.165, 1.54) is 18.3 Å². The second-order valence-corrected chi connectivity index (χ2v) is 8.59. The van der Waals surface area contributed by atoms with Gasteiger partial charge in [-0.3, -0.25) is 14.4 Å². The number of carbonyl (C=O) groups is 3. The predicted molar refractivity (Wildman–Crippen MR) is 119 cm³/mol. The van der Waals surface area contributed by atoms with Crippen LogP contribution < -0.4 is 15.4 Å². The Morgan fingerprint density at radius 3 is 2.85 bits per heavy atom. The molecule has 2 aliphatic heterocycles. The van der Waals surface area contributed by atoms with Crippen LogP contribution in [0, 0.1) is 5.82 Å². The SMILES string of the molecule is Cn1ccn2ncc(C(=O)N3[C@@H]4CC[C@H]3CC(=O)NCCOc3ccc(F)cc3C(=O)NC4)c12. The number of nitrogens with one attached hydrogen (secondary N) is 2. The Kier molecular flexibility index (Phi) is 5.68. The van der Waals surface area contributed by atoms with Crippen molar-refractivity contribution in [1.29, 1.82) is 0 Å². The van der Waals surface area contributed by atoms with Crippen molar-refractivity contribution in [2.75, 3.05) is 19.7 Å². The number of hydrogen-bond acceptors (Lipinski definition) is 5. The summed E-state index contributed by atoms with van der Waals surface area (Å²) in [5.74, 6) is -1.24. The molecule has 0 spiro atoms. The molecule has 178 valence electrons. The average Bonchev–Trinajstić information content (AvgIpc) is 3.51. The Hall–Kier alpha value is -3.89. The molecule has 10 nitrogen and oxygen atoms in total. The van der Waals surface area contributed by atoms with Crippen molar-refractivity contribution in [3.63, 3.8) is 0 Å². The number of aryl methyl sites for hydroxylation is 1. The quantitative estimate of drug-likeness (QED) is 0.556. The third kappa shape index (κ3) is 3.97. The molecule has 0 saturated carbocycles. The summed E-state index contributed by atoms with van der Waals surface area (Å²) in [6, 6.07) is 3.08. The summed E-state index contributed by atoms with van der Waals surface area (Å²) >= 11 is 0. The molecule has 4 heterocycles. The maximum absolute atomic E-state index is 13.9. The third-order valence-corrected chi connectivity index (χ3v) is 6.41. The molecule has 3 aromatic rings. The second-order valence-electron chi connectivity index (χ2n) is 8.59. The number of carbonyl (C=O) groups excluding carboxylic acids is 3. The van der Waals surface area contributed by atoms with Gasteiger partial charge in [0, 0.05) is 44.5 Å². The van der Waals surface area contributed by atoms with Gasteiger partial charge in [-0.15, -0.1) is 0 Å². The van der Waals surface area contributed by atoms with Gasteiger partial charge in [-0.25, -0.2) is 8.91 Å². The molecule has 1 saturated heterocycles. The molecule has 0 aliphatic carbocycles. The van der Waals surface area contributed by atoms with E-state index in [2.05, 4.69) is 15.7 Å². The van der Waals surface area contributed by atoms with Gasteiger partial charge in [-0.2, -0.15) is 5.10 Å². The van der Waals surface area contributed by atoms with Gasteiger partial charge in [0.2, 0.25) is 5.91 Å². The smallest absolute Gasteiger partial charge is 0.259 e. The summed E-state index contributed by atoms with van der Waals surface area (Å²) in [4.78, 5) is 40.9. The van der Waals surface area contributed by atoms with E-state index in [0.29, 0.717) is 24.1 Å². The number of hydrogen-bond donors (Lipinski definition) is 2. The van der Waals surface area contributed by atoms with Crippen LogP contribution in [-0.2, 0) is 11.8 Å². The van der Waals surface area contributed by atoms with Crippen LogP contribution in [0.3, 0.4) is 0 Å². The van der Waals surface area contributed by atoms with Crippen LogP contribution in [0.25, 0.3) is 5.65 Å². The number of benzene rings is 1. The highest BCUT2D eigenvalue weighted by atomic mass is 19.1. The minimum Gasteiger partial charge on any atom is -0.491 e. The monoisotopic (exact) mass is 468 g/mol. The average molecular weight is 468 g/mol. The van der Waals surface area contributed by atoms with E-state index in [9.17, 15) is 18.8 Å². The van der Waals surface area contributed by atoms with Gasteiger partial charge in [0.15, 0.2) is 0 Å². The van der Waals surface area contributed by atoms with E-state index >= 15 is 0 Å². The van der Waals surface area contributed by atoms with Gasteiger partial charge in [-0.05, 0) is 31.0 Å². The van der Waals surface area contributed by atoms with Crippen molar-refractivity contribution < 1.29 is 23.5 Å². The van der Waals surface area contributed by atoms with Crippen LogP contribution in [0.2, 0.25) is 0 Å². The first-order valence-corrected chi connectivity index (χ1v) is 11.2. The molecule has 3 amide bonds. The Balaban J connectivity index is 1.46. The number of nitrogens with zero attached hydrogens (tertiary/aromatic N) is 4. The van der Waals surface area contributed by atoms with Gasteiger partial charge >= 0.3 is 0 Å². The van der Waals surface area contributed by atoms with E-state index in [-0.39, 0.29) is 61.3 Å². The minimum atomic E-state index is -0.558. The molecule has 11 heteroatoms. The van der Waals surface area contributed by atoms with Gasteiger partial charge in [0.1, 0.15) is 29.4 Å². The molecule has 2 N–H and O–H groups in total. The van der Waals surface area contributed by atoms with Crippen molar-refractivity contribution in [2.45, 2.75) is 31.3 Å². The van der Waals surface area contributed by atoms with Gasteiger partial charge in [0.25, 0.3) is 11.8 Å². The fraction of sp³-hybridized carbons (Fsp3) is 0.391. The molecule has 5 rings (SSSR count). The van der Waals surface area contributed by atoms with Gasteiger partial charge < -0.3 is 24.8 Å². The molecule has 2 atom stereocenters. The number of ether oxygens (including phenoxy) is 1. The molecule has 1 fully saturated rings. The molecule has 0 radical (unpaired) electrons. The van der Waals surface area contributed by atoms with Crippen molar-refractivity contribution in [2.24, 2.45) is 7.05 Å². The molecular formula is C23H25FN6O4. The third-order valence-electron chi connectivity index (χ3n) is 6.41. The maximum Gasteiger partial charge on any atom is 0.259 e. The summed E-state index contributed by atoms with van der Waals surface area (Å²) in [5.41, 5.74) is 1.15. The number of amides is 3. The lowest BCUT2D eigenvalue weighted by molar-refractivity contribution is -0.122. The van der Waals surface area contributed by atoms with Crippen molar-refractivity contribution >= 4 is 23.4 Å². The van der Waals surface area contributed by atoms with Crippen LogP contribution in [0.1, 0.15) is 40.0 Å². The normalized spacial score (nSPS) is 21.4. The molecule has 2 bridgehead atoms. The van der Waals surface area contributed by atoms with E-state index < -0.39 is 11.7 Å². The number of halogens is 1. The van der Waals surface area contributed by atoms with E-state index in [1.54, 1.807) is 15.6 Å². The van der Waals surface area contributed by atoms with Crippen molar-refractivity contribution in [3.8, 4) is 5.75 Å². The highest BCUT2D eigenvalue weighted by molar-refractivity contribution is 6.01. The first-order valence-electron chi connectivity index (χ1n) is 11.2. The van der Waals surface area contributed by atoms with Crippen LogP contribution >= 0.6 is 0 Å². The standard InChI is InChI=1S/C23H25FN6O4/c1-28-7-8-29-22(28)18(13-27-29)23(33)30-15-3-4-16(30)12-26-21(32)17-10-14(24)2-5-19(17)34-9-6-25-20(31)11-15/h2,5,7-8,10,13,15-16H,3-4,6,9,11-12H2,1H3,(H,25,31)(H,26,32)/t15-,16+/m0/s1. The molecular weight excluding hydrogens is 443 g/mol. The fourth-order valence-corrected chi connectivity index (χ4v) is 4.78. The Morgan fingerprint density at radius 1 is 1.18 bits per heavy atom.